The van der Waals surface area contributed by atoms with Crippen LogP contribution in [0.25, 0.3) is 0 Å². The summed E-state index contributed by atoms with van der Waals surface area (Å²) in [6.45, 7) is 4.86. The van der Waals surface area contributed by atoms with Crippen molar-refractivity contribution < 1.29 is 4.79 Å². The van der Waals surface area contributed by atoms with E-state index in [4.69, 9.17) is 0 Å². The highest BCUT2D eigenvalue weighted by molar-refractivity contribution is 5.77. The van der Waals surface area contributed by atoms with Gasteiger partial charge in [0.05, 0.1) is 12.0 Å². The molecule has 3 heteroatoms. The topological polar surface area (TPSA) is 44.1 Å². The van der Waals surface area contributed by atoms with Crippen LogP contribution in [-0.2, 0) is 4.79 Å². The first-order chi connectivity index (χ1) is 9.08. The summed E-state index contributed by atoms with van der Waals surface area (Å²) in [4.78, 5) is 13.8. The summed E-state index contributed by atoms with van der Waals surface area (Å²) in [5.74, 6) is -0.307. The zero-order valence-electron chi connectivity index (χ0n) is 12.0. The molecule has 1 amide bonds. The third-order valence-electron chi connectivity index (χ3n) is 3.25. The van der Waals surface area contributed by atoms with Crippen LogP contribution < -0.4 is 0 Å². The lowest BCUT2D eigenvalue weighted by molar-refractivity contribution is -0.130. The van der Waals surface area contributed by atoms with Gasteiger partial charge in [0.2, 0.25) is 5.91 Å². The number of carbonyl (C=O) groups excluding carboxylic acids is 1. The van der Waals surface area contributed by atoms with Gasteiger partial charge < -0.3 is 4.90 Å². The number of nitrogens with zero attached hydrogens (tertiary/aromatic N) is 2. The molecular weight excluding hydrogens is 236 g/mol. The van der Waals surface area contributed by atoms with Crippen LogP contribution in [0.4, 0.5) is 0 Å². The van der Waals surface area contributed by atoms with Crippen molar-refractivity contribution in [2.24, 2.45) is 0 Å². The molecule has 1 aromatic carbocycles. The van der Waals surface area contributed by atoms with Gasteiger partial charge in [0.1, 0.15) is 0 Å². The Kier molecular flexibility index (Phi) is 6.08. The number of hydrogen-bond acceptors (Lipinski definition) is 2. The Balaban J connectivity index is 2.67. The Morgan fingerprint density at radius 2 is 2.21 bits per heavy atom. The molecule has 19 heavy (non-hydrogen) atoms. The number of benzene rings is 1. The molecule has 0 heterocycles. The molecule has 0 aliphatic heterocycles. The Labute approximate surface area is 115 Å². The number of rotatable bonds is 6. The fourth-order valence-electron chi connectivity index (χ4n) is 1.98. The van der Waals surface area contributed by atoms with Crippen LogP contribution in [0.15, 0.2) is 24.3 Å². The normalized spacial score (nSPS) is 11.7. The van der Waals surface area contributed by atoms with E-state index in [1.807, 2.05) is 38.2 Å². The van der Waals surface area contributed by atoms with E-state index in [0.29, 0.717) is 0 Å². The second-order valence-electron chi connectivity index (χ2n) is 4.97. The van der Waals surface area contributed by atoms with E-state index in [-0.39, 0.29) is 18.2 Å². The average molecular weight is 258 g/mol. The minimum absolute atomic E-state index is 0.0431. The number of aryl methyl sites for hydroxylation is 1. The van der Waals surface area contributed by atoms with Gasteiger partial charge in [0.15, 0.2) is 0 Å². The van der Waals surface area contributed by atoms with Crippen molar-refractivity contribution in [2.75, 3.05) is 13.6 Å². The van der Waals surface area contributed by atoms with Crippen LogP contribution >= 0.6 is 0 Å². The first-order valence-electron chi connectivity index (χ1n) is 6.78. The van der Waals surface area contributed by atoms with Crippen molar-refractivity contribution in [2.45, 2.75) is 39.0 Å². The number of unbranched alkanes of at least 4 members (excludes halogenated alkanes) is 1. The zero-order valence-corrected chi connectivity index (χ0v) is 12.0. The van der Waals surface area contributed by atoms with Crippen molar-refractivity contribution in [3.8, 4) is 6.07 Å². The predicted molar refractivity (Wildman–Crippen MR) is 76.7 cm³/mol. The van der Waals surface area contributed by atoms with Gasteiger partial charge in [0, 0.05) is 20.0 Å². The molecule has 1 unspecified atom stereocenters. The number of nitriles is 1. The minimum Gasteiger partial charge on any atom is -0.346 e. The highest BCUT2D eigenvalue weighted by Crippen LogP contribution is 2.20. The Bertz CT molecular complexity index is 462. The van der Waals surface area contributed by atoms with Crippen molar-refractivity contribution in [3.05, 3.63) is 35.4 Å². The molecule has 0 bridgehead atoms. The Hall–Kier alpha value is -1.82. The van der Waals surface area contributed by atoms with Crippen LogP contribution in [0.1, 0.15) is 43.2 Å². The number of amides is 1. The number of hydrogen-bond donors (Lipinski definition) is 0. The molecule has 0 saturated heterocycles. The van der Waals surface area contributed by atoms with Crippen LogP contribution in [-0.4, -0.2) is 24.4 Å². The summed E-state index contributed by atoms with van der Waals surface area (Å²) >= 11 is 0. The molecule has 1 atom stereocenters. The van der Waals surface area contributed by atoms with Crippen LogP contribution in [0, 0.1) is 18.3 Å². The summed E-state index contributed by atoms with van der Waals surface area (Å²) in [7, 11) is 1.81. The number of carbonyl (C=O) groups is 1. The third-order valence-corrected chi connectivity index (χ3v) is 3.25. The molecule has 0 spiro atoms. The fraction of sp³-hybridized carbons (Fsp3) is 0.500. The van der Waals surface area contributed by atoms with Gasteiger partial charge in [-0.2, -0.15) is 5.26 Å². The second kappa shape index (κ2) is 7.58. The van der Waals surface area contributed by atoms with Crippen molar-refractivity contribution in [1.82, 2.24) is 4.90 Å². The van der Waals surface area contributed by atoms with Crippen molar-refractivity contribution in [3.63, 3.8) is 0 Å². The van der Waals surface area contributed by atoms with Gasteiger partial charge in [0.25, 0.3) is 0 Å². The lowest BCUT2D eigenvalue weighted by Gasteiger charge is -2.18. The van der Waals surface area contributed by atoms with E-state index in [0.717, 1.165) is 30.5 Å². The van der Waals surface area contributed by atoms with E-state index in [1.165, 1.54) is 0 Å². The molecule has 0 saturated carbocycles. The molecule has 1 rings (SSSR count). The van der Waals surface area contributed by atoms with Crippen molar-refractivity contribution in [1.29, 1.82) is 5.26 Å². The maximum atomic E-state index is 12.1. The predicted octanol–water partition coefficient (Wildman–Crippen LogP) is 3.25. The van der Waals surface area contributed by atoms with Crippen molar-refractivity contribution >= 4 is 5.91 Å². The first-order valence-corrected chi connectivity index (χ1v) is 6.78. The highest BCUT2D eigenvalue weighted by Gasteiger charge is 2.18. The van der Waals surface area contributed by atoms with Gasteiger partial charge in [-0.1, -0.05) is 43.2 Å². The molecule has 1 aromatic rings. The third kappa shape index (κ3) is 4.75. The lowest BCUT2D eigenvalue weighted by Crippen LogP contribution is -2.28. The summed E-state index contributed by atoms with van der Waals surface area (Å²) < 4.78 is 0. The summed E-state index contributed by atoms with van der Waals surface area (Å²) in [6, 6.07) is 10.1. The largest absolute Gasteiger partial charge is 0.346 e. The average Bonchev–Trinajstić information content (AvgIpc) is 2.41. The fourth-order valence-corrected chi connectivity index (χ4v) is 1.98. The molecule has 0 radical (unpaired) electrons. The lowest BCUT2D eigenvalue weighted by atomic mass is 9.95. The van der Waals surface area contributed by atoms with E-state index in [2.05, 4.69) is 13.0 Å². The van der Waals surface area contributed by atoms with Crippen LogP contribution in [0.3, 0.4) is 0 Å². The minimum atomic E-state index is -0.350. The molecule has 0 aliphatic rings. The summed E-state index contributed by atoms with van der Waals surface area (Å²) in [5.41, 5.74) is 2.05. The van der Waals surface area contributed by atoms with E-state index >= 15 is 0 Å². The van der Waals surface area contributed by atoms with Gasteiger partial charge in [-0.15, -0.1) is 0 Å². The first kappa shape index (κ1) is 15.2. The van der Waals surface area contributed by atoms with Gasteiger partial charge in [-0.05, 0) is 18.9 Å². The second-order valence-corrected chi connectivity index (χ2v) is 4.97. The molecule has 0 N–H and O–H groups in total. The highest BCUT2D eigenvalue weighted by atomic mass is 16.2. The zero-order chi connectivity index (χ0) is 14.3. The molecule has 102 valence electrons. The quantitative estimate of drug-likeness (QED) is 0.786. The van der Waals surface area contributed by atoms with E-state index in [9.17, 15) is 10.1 Å². The summed E-state index contributed by atoms with van der Waals surface area (Å²) in [5, 5.41) is 9.26. The van der Waals surface area contributed by atoms with E-state index < -0.39 is 0 Å². The molecular formula is C16H22N2O. The van der Waals surface area contributed by atoms with Crippen LogP contribution in [0.5, 0.6) is 0 Å². The maximum absolute atomic E-state index is 12.1. The smallest absolute Gasteiger partial charge is 0.223 e. The molecule has 0 aromatic heterocycles. The van der Waals surface area contributed by atoms with E-state index in [1.54, 1.807) is 4.90 Å². The molecule has 0 fully saturated rings. The maximum Gasteiger partial charge on any atom is 0.223 e. The van der Waals surface area contributed by atoms with Gasteiger partial charge in [-0.25, -0.2) is 0 Å². The SMILES string of the molecule is CCCCN(C)C(=O)CC(C#N)c1cccc(C)c1. The monoisotopic (exact) mass is 258 g/mol. The Morgan fingerprint density at radius 3 is 2.79 bits per heavy atom. The van der Waals surface area contributed by atoms with Crippen LogP contribution in [0.2, 0.25) is 0 Å². The molecule has 3 nitrogen and oxygen atoms in total. The standard InChI is InChI=1S/C16H22N2O/c1-4-5-9-18(3)16(19)11-15(12-17)14-8-6-7-13(2)10-14/h6-8,10,15H,4-5,9,11H2,1-3H3. The summed E-state index contributed by atoms with van der Waals surface area (Å²) in [6.07, 6.45) is 2.33. The molecule has 0 aliphatic carbocycles. The van der Waals surface area contributed by atoms with Gasteiger partial charge in [-0.3, -0.25) is 4.79 Å². The van der Waals surface area contributed by atoms with Gasteiger partial charge >= 0.3 is 0 Å². The Morgan fingerprint density at radius 1 is 1.47 bits per heavy atom.